The van der Waals surface area contributed by atoms with Gasteiger partial charge in [0.25, 0.3) is 5.91 Å². The third kappa shape index (κ3) is 3.64. The predicted molar refractivity (Wildman–Crippen MR) is 96.2 cm³/mol. The fourth-order valence-corrected chi connectivity index (χ4v) is 2.44. The van der Waals surface area contributed by atoms with Gasteiger partial charge in [-0.1, -0.05) is 42.5 Å². The lowest BCUT2D eigenvalue weighted by atomic mass is 10.1. The van der Waals surface area contributed by atoms with E-state index in [0.717, 1.165) is 10.8 Å². The van der Waals surface area contributed by atoms with Crippen molar-refractivity contribution < 1.29 is 14.4 Å². The van der Waals surface area contributed by atoms with Crippen molar-refractivity contribution in [2.45, 2.75) is 0 Å². The summed E-state index contributed by atoms with van der Waals surface area (Å²) in [7, 11) is 0. The number of hydrogen-bond acceptors (Lipinski definition) is 3. The summed E-state index contributed by atoms with van der Waals surface area (Å²) >= 11 is 0. The van der Waals surface area contributed by atoms with Crippen LogP contribution in [-0.2, 0) is 9.59 Å². The van der Waals surface area contributed by atoms with Gasteiger partial charge in [0.2, 0.25) is 0 Å². The van der Waals surface area contributed by atoms with E-state index in [9.17, 15) is 14.4 Å². The van der Waals surface area contributed by atoms with Gasteiger partial charge in [0, 0.05) is 5.69 Å². The molecule has 0 saturated carbocycles. The van der Waals surface area contributed by atoms with Crippen LogP contribution < -0.4 is 16.4 Å². The number of amides is 3. The minimum Gasteiger partial charge on any atom is -0.366 e. The molecule has 3 aromatic carbocycles. The van der Waals surface area contributed by atoms with Gasteiger partial charge in [-0.2, -0.15) is 0 Å². The summed E-state index contributed by atoms with van der Waals surface area (Å²) in [5.74, 6) is -2.41. The summed E-state index contributed by atoms with van der Waals surface area (Å²) in [5.41, 5.74) is 6.08. The molecule has 3 rings (SSSR count). The molecule has 6 heteroatoms. The van der Waals surface area contributed by atoms with E-state index < -0.39 is 17.7 Å². The first-order chi connectivity index (χ1) is 12.0. The third-order valence-electron chi connectivity index (χ3n) is 3.65. The summed E-state index contributed by atoms with van der Waals surface area (Å²) in [6, 6.07) is 19.2. The second kappa shape index (κ2) is 6.84. The van der Waals surface area contributed by atoms with E-state index in [1.165, 1.54) is 12.1 Å². The molecule has 0 bridgehead atoms. The van der Waals surface area contributed by atoms with Crippen LogP contribution in [0.3, 0.4) is 0 Å². The number of nitrogens with one attached hydrogen (secondary N) is 2. The first-order valence-corrected chi connectivity index (χ1v) is 7.54. The maximum atomic E-state index is 12.1. The fourth-order valence-electron chi connectivity index (χ4n) is 2.44. The Kier molecular flexibility index (Phi) is 4.43. The zero-order valence-electron chi connectivity index (χ0n) is 13.2. The molecule has 0 saturated heterocycles. The Labute approximate surface area is 143 Å². The van der Waals surface area contributed by atoms with Crippen LogP contribution in [0.2, 0.25) is 0 Å². The Morgan fingerprint density at radius 3 is 2.12 bits per heavy atom. The van der Waals surface area contributed by atoms with Gasteiger partial charge in [0.1, 0.15) is 0 Å². The van der Waals surface area contributed by atoms with Crippen LogP contribution >= 0.6 is 0 Å². The molecule has 4 N–H and O–H groups in total. The number of carbonyl (C=O) groups is 3. The van der Waals surface area contributed by atoms with E-state index in [2.05, 4.69) is 10.6 Å². The zero-order chi connectivity index (χ0) is 17.8. The van der Waals surface area contributed by atoms with Gasteiger partial charge in [0.15, 0.2) is 0 Å². The van der Waals surface area contributed by atoms with Gasteiger partial charge in [-0.3, -0.25) is 14.4 Å². The van der Waals surface area contributed by atoms with Crippen LogP contribution in [0.4, 0.5) is 11.4 Å². The summed E-state index contributed by atoms with van der Waals surface area (Å²) < 4.78 is 0. The fraction of sp³-hybridized carbons (Fsp3) is 0. The number of benzene rings is 3. The largest absolute Gasteiger partial charge is 0.366 e. The normalized spacial score (nSPS) is 10.2. The van der Waals surface area contributed by atoms with E-state index in [1.807, 2.05) is 30.3 Å². The Bertz CT molecular complexity index is 982. The molecule has 0 spiro atoms. The summed E-state index contributed by atoms with van der Waals surface area (Å²) in [6.45, 7) is 0. The summed E-state index contributed by atoms with van der Waals surface area (Å²) in [6.07, 6.45) is 0. The molecule has 0 fully saturated rings. The zero-order valence-corrected chi connectivity index (χ0v) is 13.2. The highest BCUT2D eigenvalue weighted by Gasteiger charge is 2.17. The lowest BCUT2D eigenvalue weighted by molar-refractivity contribution is -0.133. The van der Waals surface area contributed by atoms with Crippen LogP contribution in [0, 0.1) is 0 Å². The lowest BCUT2D eigenvalue weighted by Crippen LogP contribution is -2.30. The van der Waals surface area contributed by atoms with Gasteiger partial charge >= 0.3 is 11.8 Å². The van der Waals surface area contributed by atoms with Crippen molar-refractivity contribution in [2.24, 2.45) is 5.73 Å². The van der Waals surface area contributed by atoms with Gasteiger partial charge in [0.05, 0.1) is 11.3 Å². The SMILES string of the molecule is NC(=O)c1ccccc1NC(=O)C(=O)Nc1ccc2ccccc2c1. The minimum atomic E-state index is -0.887. The first kappa shape index (κ1) is 16.2. The van der Waals surface area contributed by atoms with Crippen LogP contribution in [0.5, 0.6) is 0 Å². The average molecular weight is 333 g/mol. The number of fused-ring (bicyclic) bond motifs is 1. The minimum absolute atomic E-state index is 0.134. The van der Waals surface area contributed by atoms with Crippen LogP contribution in [-0.4, -0.2) is 17.7 Å². The molecular weight excluding hydrogens is 318 g/mol. The molecule has 0 aromatic heterocycles. The molecule has 25 heavy (non-hydrogen) atoms. The Morgan fingerprint density at radius 1 is 0.720 bits per heavy atom. The van der Waals surface area contributed by atoms with Gasteiger partial charge in [-0.05, 0) is 35.0 Å². The topological polar surface area (TPSA) is 101 Å². The predicted octanol–water partition coefficient (Wildman–Crippen LogP) is 2.52. The van der Waals surface area contributed by atoms with Gasteiger partial charge in [-0.15, -0.1) is 0 Å². The molecule has 0 atom stereocenters. The van der Waals surface area contributed by atoms with Crippen molar-refractivity contribution in [1.82, 2.24) is 0 Å². The molecule has 6 nitrogen and oxygen atoms in total. The number of para-hydroxylation sites is 1. The number of carbonyl (C=O) groups excluding carboxylic acids is 3. The molecule has 0 radical (unpaired) electrons. The van der Waals surface area contributed by atoms with Gasteiger partial charge in [-0.25, -0.2) is 0 Å². The highest BCUT2D eigenvalue weighted by molar-refractivity contribution is 6.44. The lowest BCUT2D eigenvalue weighted by Gasteiger charge is -2.09. The standard InChI is InChI=1S/C19H15N3O3/c20-17(23)15-7-3-4-8-16(15)22-19(25)18(24)21-14-10-9-12-5-1-2-6-13(12)11-14/h1-11H,(H2,20,23)(H,21,24)(H,22,25). The van der Waals surface area contributed by atoms with E-state index in [-0.39, 0.29) is 11.3 Å². The molecule has 0 heterocycles. The monoisotopic (exact) mass is 333 g/mol. The van der Waals surface area contributed by atoms with Crippen molar-refractivity contribution in [3.8, 4) is 0 Å². The highest BCUT2D eigenvalue weighted by atomic mass is 16.2. The highest BCUT2D eigenvalue weighted by Crippen LogP contribution is 2.19. The maximum Gasteiger partial charge on any atom is 0.314 e. The second-order valence-corrected chi connectivity index (χ2v) is 5.38. The average Bonchev–Trinajstić information content (AvgIpc) is 2.61. The Balaban J connectivity index is 1.74. The molecule has 0 aliphatic rings. The van der Waals surface area contributed by atoms with Gasteiger partial charge < -0.3 is 16.4 Å². The number of anilines is 2. The number of rotatable bonds is 3. The Morgan fingerprint density at radius 2 is 1.36 bits per heavy atom. The van der Waals surface area contributed by atoms with Crippen molar-refractivity contribution in [3.05, 3.63) is 72.3 Å². The molecule has 3 aromatic rings. The van der Waals surface area contributed by atoms with E-state index in [4.69, 9.17) is 5.73 Å². The smallest absolute Gasteiger partial charge is 0.314 e. The quantitative estimate of drug-likeness (QED) is 0.642. The van der Waals surface area contributed by atoms with Crippen molar-refractivity contribution >= 4 is 39.9 Å². The molecule has 124 valence electrons. The van der Waals surface area contributed by atoms with E-state index >= 15 is 0 Å². The molecule has 0 aliphatic carbocycles. The second-order valence-electron chi connectivity index (χ2n) is 5.38. The van der Waals surface area contributed by atoms with Crippen molar-refractivity contribution in [2.75, 3.05) is 10.6 Å². The first-order valence-electron chi connectivity index (χ1n) is 7.54. The van der Waals surface area contributed by atoms with Crippen LogP contribution in [0.25, 0.3) is 10.8 Å². The summed E-state index contributed by atoms with van der Waals surface area (Å²) in [5, 5.41) is 6.91. The van der Waals surface area contributed by atoms with Crippen molar-refractivity contribution in [3.63, 3.8) is 0 Å². The molecule has 0 unspecified atom stereocenters. The third-order valence-corrected chi connectivity index (χ3v) is 3.65. The van der Waals surface area contributed by atoms with Crippen LogP contribution in [0.1, 0.15) is 10.4 Å². The van der Waals surface area contributed by atoms with Crippen LogP contribution in [0.15, 0.2) is 66.7 Å². The number of hydrogen-bond donors (Lipinski definition) is 3. The maximum absolute atomic E-state index is 12.1. The Hall–Kier alpha value is -3.67. The van der Waals surface area contributed by atoms with Crippen molar-refractivity contribution in [1.29, 1.82) is 0 Å². The molecular formula is C19H15N3O3. The van der Waals surface area contributed by atoms with E-state index in [1.54, 1.807) is 24.3 Å². The number of primary amides is 1. The number of nitrogens with two attached hydrogens (primary N) is 1. The molecule has 0 aliphatic heterocycles. The molecule has 3 amide bonds. The summed E-state index contributed by atoms with van der Waals surface area (Å²) in [4.78, 5) is 35.5. The van der Waals surface area contributed by atoms with E-state index in [0.29, 0.717) is 5.69 Å².